The first-order valence-corrected chi connectivity index (χ1v) is 4.86. The standard InChI is InChI=1S/C12H15NO2/c1-10(13-7-8-14)9-12(15)11-5-3-2-4-6-11/h2-6,9,13-14H,7-8H2,1H3/b10-9-. The van der Waals surface area contributed by atoms with Gasteiger partial charge in [0.1, 0.15) is 0 Å². The van der Waals surface area contributed by atoms with Gasteiger partial charge in [-0.3, -0.25) is 4.79 Å². The van der Waals surface area contributed by atoms with Gasteiger partial charge in [-0.1, -0.05) is 30.3 Å². The molecule has 0 spiro atoms. The van der Waals surface area contributed by atoms with E-state index in [1.807, 2.05) is 18.2 Å². The molecule has 1 aromatic carbocycles. The number of hydrogen-bond donors (Lipinski definition) is 2. The Morgan fingerprint density at radius 2 is 2.07 bits per heavy atom. The molecule has 0 atom stereocenters. The van der Waals surface area contributed by atoms with Crippen LogP contribution in [0.4, 0.5) is 0 Å². The number of aliphatic hydroxyl groups excluding tert-OH is 1. The van der Waals surface area contributed by atoms with Gasteiger partial charge in [0.15, 0.2) is 5.78 Å². The highest BCUT2D eigenvalue weighted by Crippen LogP contribution is 2.02. The minimum absolute atomic E-state index is 0.0291. The lowest BCUT2D eigenvalue weighted by molar-refractivity contribution is 0.104. The van der Waals surface area contributed by atoms with Gasteiger partial charge in [-0.25, -0.2) is 0 Å². The van der Waals surface area contributed by atoms with Crippen molar-refractivity contribution in [1.29, 1.82) is 0 Å². The van der Waals surface area contributed by atoms with Crippen LogP contribution in [0.25, 0.3) is 0 Å². The van der Waals surface area contributed by atoms with Gasteiger partial charge in [0.05, 0.1) is 6.61 Å². The molecule has 0 radical (unpaired) electrons. The zero-order valence-electron chi connectivity index (χ0n) is 8.73. The number of nitrogens with one attached hydrogen (secondary N) is 1. The third-order valence-corrected chi connectivity index (χ3v) is 1.92. The van der Waals surface area contributed by atoms with Crippen LogP contribution >= 0.6 is 0 Å². The first-order valence-electron chi connectivity index (χ1n) is 4.86. The van der Waals surface area contributed by atoms with E-state index in [0.717, 1.165) is 5.70 Å². The van der Waals surface area contributed by atoms with E-state index >= 15 is 0 Å². The molecule has 0 aliphatic carbocycles. The largest absolute Gasteiger partial charge is 0.395 e. The summed E-state index contributed by atoms with van der Waals surface area (Å²) in [6, 6.07) is 9.09. The Morgan fingerprint density at radius 1 is 1.40 bits per heavy atom. The van der Waals surface area contributed by atoms with Crippen LogP contribution in [0.15, 0.2) is 42.1 Å². The lowest BCUT2D eigenvalue weighted by Gasteiger charge is -2.03. The minimum Gasteiger partial charge on any atom is -0.395 e. The SMILES string of the molecule is C/C(=C/C(=O)c1ccccc1)NCCO. The lowest BCUT2D eigenvalue weighted by Crippen LogP contribution is -2.16. The predicted molar refractivity (Wildman–Crippen MR) is 59.6 cm³/mol. The number of carbonyl (C=O) groups is 1. The number of rotatable bonds is 5. The number of ketones is 1. The molecule has 0 fully saturated rings. The Kier molecular flexibility index (Phi) is 4.57. The molecule has 0 saturated heterocycles. The molecule has 0 bridgehead atoms. The summed E-state index contributed by atoms with van der Waals surface area (Å²) in [5, 5.41) is 11.5. The van der Waals surface area contributed by atoms with Gasteiger partial charge in [0.25, 0.3) is 0 Å². The van der Waals surface area contributed by atoms with Crippen LogP contribution in [0.2, 0.25) is 0 Å². The zero-order valence-corrected chi connectivity index (χ0v) is 8.73. The predicted octanol–water partition coefficient (Wildman–Crippen LogP) is 1.35. The third-order valence-electron chi connectivity index (χ3n) is 1.92. The second kappa shape index (κ2) is 5.98. The van der Waals surface area contributed by atoms with Crippen LogP contribution in [-0.2, 0) is 0 Å². The van der Waals surface area contributed by atoms with E-state index in [-0.39, 0.29) is 12.4 Å². The van der Waals surface area contributed by atoms with E-state index in [4.69, 9.17) is 5.11 Å². The molecular formula is C12H15NO2. The third kappa shape index (κ3) is 3.95. The van der Waals surface area contributed by atoms with Crippen molar-refractivity contribution in [1.82, 2.24) is 5.32 Å². The molecule has 0 aliphatic rings. The van der Waals surface area contributed by atoms with Gasteiger partial charge >= 0.3 is 0 Å². The van der Waals surface area contributed by atoms with Gasteiger partial charge in [-0.05, 0) is 6.92 Å². The van der Waals surface area contributed by atoms with Gasteiger partial charge in [0, 0.05) is 23.9 Å². The number of hydrogen-bond acceptors (Lipinski definition) is 3. The quantitative estimate of drug-likeness (QED) is 0.563. The molecule has 0 saturated carbocycles. The van der Waals surface area contributed by atoms with Crippen molar-refractivity contribution in [2.24, 2.45) is 0 Å². The average molecular weight is 205 g/mol. The fraction of sp³-hybridized carbons (Fsp3) is 0.250. The lowest BCUT2D eigenvalue weighted by atomic mass is 10.1. The van der Waals surface area contributed by atoms with E-state index in [2.05, 4.69) is 5.32 Å². The molecule has 0 amide bonds. The molecule has 80 valence electrons. The number of allylic oxidation sites excluding steroid dienone is 2. The van der Waals surface area contributed by atoms with Crippen molar-refractivity contribution in [2.75, 3.05) is 13.2 Å². The minimum atomic E-state index is -0.0291. The van der Waals surface area contributed by atoms with E-state index < -0.39 is 0 Å². The van der Waals surface area contributed by atoms with E-state index in [0.29, 0.717) is 12.1 Å². The molecular weight excluding hydrogens is 190 g/mol. The summed E-state index contributed by atoms with van der Waals surface area (Å²) in [6.07, 6.45) is 1.53. The van der Waals surface area contributed by atoms with E-state index in [1.54, 1.807) is 19.1 Å². The van der Waals surface area contributed by atoms with Crippen LogP contribution in [0.3, 0.4) is 0 Å². The maximum atomic E-state index is 11.6. The van der Waals surface area contributed by atoms with Gasteiger partial charge in [0.2, 0.25) is 0 Å². The number of carbonyl (C=O) groups excluding carboxylic acids is 1. The maximum Gasteiger partial charge on any atom is 0.187 e. The fourth-order valence-corrected chi connectivity index (χ4v) is 1.19. The summed E-state index contributed by atoms with van der Waals surface area (Å²) < 4.78 is 0. The molecule has 0 unspecified atom stereocenters. The Labute approximate surface area is 89.4 Å². The topological polar surface area (TPSA) is 49.3 Å². The summed E-state index contributed by atoms with van der Waals surface area (Å²) in [4.78, 5) is 11.6. The van der Waals surface area contributed by atoms with Gasteiger partial charge in [-0.15, -0.1) is 0 Å². The second-order valence-corrected chi connectivity index (χ2v) is 3.21. The number of benzene rings is 1. The summed E-state index contributed by atoms with van der Waals surface area (Å²) in [5.74, 6) is -0.0291. The van der Waals surface area contributed by atoms with Crippen molar-refractivity contribution >= 4 is 5.78 Å². The molecule has 1 rings (SSSR count). The van der Waals surface area contributed by atoms with Crippen LogP contribution < -0.4 is 5.32 Å². The van der Waals surface area contributed by atoms with Crippen molar-refractivity contribution in [3.8, 4) is 0 Å². The van der Waals surface area contributed by atoms with E-state index in [1.165, 1.54) is 6.08 Å². The van der Waals surface area contributed by atoms with Crippen molar-refractivity contribution in [3.63, 3.8) is 0 Å². The molecule has 0 aliphatic heterocycles. The molecule has 15 heavy (non-hydrogen) atoms. The molecule has 3 nitrogen and oxygen atoms in total. The normalized spacial score (nSPS) is 11.2. The molecule has 0 aromatic heterocycles. The van der Waals surface area contributed by atoms with Crippen LogP contribution in [0.5, 0.6) is 0 Å². The smallest absolute Gasteiger partial charge is 0.187 e. The highest BCUT2D eigenvalue weighted by Gasteiger charge is 2.00. The van der Waals surface area contributed by atoms with Crippen LogP contribution in [0.1, 0.15) is 17.3 Å². The molecule has 1 aromatic rings. The first-order chi connectivity index (χ1) is 7.24. The number of aliphatic hydroxyl groups is 1. The average Bonchev–Trinajstić information content (AvgIpc) is 2.27. The Hall–Kier alpha value is -1.61. The van der Waals surface area contributed by atoms with Gasteiger partial charge < -0.3 is 10.4 Å². The van der Waals surface area contributed by atoms with Crippen molar-refractivity contribution in [3.05, 3.63) is 47.7 Å². The van der Waals surface area contributed by atoms with E-state index in [9.17, 15) is 4.79 Å². The Morgan fingerprint density at radius 3 is 2.67 bits per heavy atom. The van der Waals surface area contributed by atoms with Crippen molar-refractivity contribution < 1.29 is 9.90 Å². The summed E-state index contributed by atoms with van der Waals surface area (Å²) in [5.41, 5.74) is 1.43. The highest BCUT2D eigenvalue weighted by atomic mass is 16.3. The maximum absolute atomic E-state index is 11.6. The summed E-state index contributed by atoms with van der Waals surface area (Å²) in [7, 11) is 0. The Balaban J connectivity index is 2.62. The monoisotopic (exact) mass is 205 g/mol. The van der Waals surface area contributed by atoms with Crippen LogP contribution in [-0.4, -0.2) is 24.0 Å². The van der Waals surface area contributed by atoms with Gasteiger partial charge in [-0.2, -0.15) is 0 Å². The second-order valence-electron chi connectivity index (χ2n) is 3.21. The highest BCUT2D eigenvalue weighted by molar-refractivity contribution is 6.04. The molecule has 2 N–H and O–H groups in total. The fourth-order valence-electron chi connectivity index (χ4n) is 1.19. The summed E-state index contributed by atoms with van der Waals surface area (Å²) >= 11 is 0. The molecule has 3 heteroatoms. The first kappa shape index (κ1) is 11.5. The zero-order chi connectivity index (χ0) is 11.1. The molecule has 0 heterocycles. The summed E-state index contributed by atoms with van der Waals surface area (Å²) in [6.45, 7) is 2.33. The van der Waals surface area contributed by atoms with Crippen LogP contribution in [0, 0.1) is 0 Å². The Bertz CT molecular complexity index is 344. The van der Waals surface area contributed by atoms with Crippen molar-refractivity contribution in [2.45, 2.75) is 6.92 Å².